The highest BCUT2D eigenvalue weighted by molar-refractivity contribution is 5.85. The number of nitrogens with zero attached hydrogens (tertiary/aromatic N) is 1. The van der Waals surface area contributed by atoms with Gasteiger partial charge in [0.25, 0.3) is 0 Å². The summed E-state index contributed by atoms with van der Waals surface area (Å²) in [4.78, 5) is 18.4. The Kier molecular flexibility index (Phi) is 4.59. The SMILES string of the molecule is O=C(C[C@H](c1c[nH]c2ccccc12)C1CCCCC1)N1CCCC1. The molecule has 0 bridgehead atoms. The summed E-state index contributed by atoms with van der Waals surface area (Å²) in [7, 11) is 0. The Labute approximate surface area is 144 Å². The average Bonchev–Trinajstić information content (AvgIpc) is 3.30. The lowest BCUT2D eigenvalue weighted by Gasteiger charge is -2.31. The maximum absolute atomic E-state index is 12.8. The van der Waals surface area contributed by atoms with Crippen LogP contribution in [0.2, 0.25) is 0 Å². The number of aromatic amines is 1. The number of H-pyrrole nitrogens is 1. The van der Waals surface area contributed by atoms with E-state index in [9.17, 15) is 4.79 Å². The van der Waals surface area contributed by atoms with Gasteiger partial charge in [-0.2, -0.15) is 0 Å². The van der Waals surface area contributed by atoms with Gasteiger partial charge < -0.3 is 9.88 Å². The first kappa shape index (κ1) is 15.7. The number of carbonyl (C=O) groups is 1. The number of likely N-dealkylation sites (tertiary alicyclic amines) is 1. The normalized spacial score (nSPS) is 20.6. The first-order valence-electron chi connectivity index (χ1n) is 9.67. The van der Waals surface area contributed by atoms with E-state index in [0.717, 1.165) is 13.1 Å². The van der Waals surface area contributed by atoms with Gasteiger partial charge in [0.15, 0.2) is 0 Å². The van der Waals surface area contributed by atoms with Crippen LogP contribution in [0.25, 0.3) is 10.9 Å². The number of carbonyl (C=O) groups excluding carboxylic acids is 1. The fourth-order valence-corrected chi connectivity index (χ4v) is 4.75. The quantitative estimate of drug-likeness (QED) is 0.858. The number of para-hydroxylation sites is 1. The summed E-state index contributed by atoms with van der Waals surface area (Å²) in [5.74, 6) is 1.40. The lowest BCUT2D eigenvalue weighted by Crippen LogP contribution is -2.31. The standard InChI is InChI=1S/C21H28N2O/c24-21(23-12-6-7-13-23)14-18(16-8-2-1-3-9-16)19-15-22-20-11-5-4-10-17(19)20/h4-5,10-11,15-16,18,22H,1-3,6-9,12-14H2/t18-/m0/s1. The van der Waals surface area contributed by atoms with Gasteiger partial charge in [0.05, 0.1) is 0 Å². The first-order valence-corrected chi connectivity index (χ1v) is 9.67. The number of benzene rings is 1. The molecule has 1 aliphatic heterocycles. The Morgan fingerprint density at radius 1 is 1.08 bits per heavy atom. The summed E-state index contributed by atoms with van der Waals surface area (Å²) in [6, 6.07) is 8.53. The zero-order valence-corrected chi connectivity index (χ0v) is 14.5. The van der Waals surface area contributed by atoms with Crippen LogP contribution in [0.5, 0.6) is 0 Å². The molecule has 0 spiro atoms. The molecular formula is C21H28N2O. The first-order chi connectivity index (χ1) is 11.8. The molecule has 1 saturated heterocycles. The van der Waals surface area contributed by atoms with E-state index in [1.165, 1.54) is 61.4 Å². The highest BCUT2D eigenvalue weighted by atomic mass is 16.2. The zero-order valence-electron chi connectivity index (χ0n) is 14.5. The van der Waals surface area contributed by atoms with Gasteiger partial charge in [-0.15, -0.1) is 0 Å². The molecule has 2 heterocycles. The fraction of sp³-hybridized carbons (Fsp3) is 0.571. The highest BCUT2D eigenvalue weighted by Crippen LogP contribution is 2.41. The number of aromatic nitrogens is 1. The molecule has 3 heteroatoms. The van der Waals surface area contributed by atoms with Crippen LogP contribution in [0, 0.1) is 5.92 Å². The smallest absolute Gasteiger partial charge is 0.223 e. The van der Waals surface area contributed by atoms with E-state index < -0.39 is 0 Å². The molecule has 1 N–H and O–H groups in total. The fourth-order valence-electron chi connectivity index (χ4n) is 4.75. The molecular weight excluding hydrogens is 296 g/mol. The van der Waals surface area contributed by atoms with Crippen molar-refractivity contribution in [2.45, 2.75) is 57.3 Å². The maximum atomic E-state index is 12.8. The molecule has 24 heavy (non-hydrogen) atoms. The van der Waals surface area contributed by atoms with Crippen LogP contribution in [0.1, 0.15) is 62.8 Å². The van der Waals surface area contributed by atoms with E-state index in [0.29, 0.717) is 24.2 Å². The van der Waals surface area contributed by atoms with Gasteiger partial charge in [-0.1, -0.05) is 37.5 Å². The number of amides is 1. The molecule has 2 aromatic rings. The summed E-state index contributed by atoms with van der Waals surface area (Å²) >= 11 is 0. The van der Waals surface area contributed by atoms with Crippen molar-refractivity contribution >= 4 is 16.8 Å². The second-order valence-corrected chi connectivity index (χ2v) is 7.59. The van der Waals surface area contributed by atoms with E-state index in [4.69, 9.17) is 0 Å². The number of hydrogen-bond acceptors (Lipinski definition) is 1. The second kappa shape index (κ2) is 7.00. The zero-order chi connectivity index (χ0) is 16.4. The van der Waals surface area contributed by atoms with Crippen LogP contribution in [-0.2, 0) is 4.79 Å². The molecule has 0 radical (unpaired) electrons. The molecule has 128 valence electrons. The van der Waals surface area contributed by atoms with Gasteiger partial charge >= 0.3 is 0 Å². The predicted octanol–water partition coefficient (Wildman–Crippen LogP) is 4.84. The lowest BCUT2D eigenvalue weighted by atomic mass is 9.75. The topological polar surface area (TPSA) is 36.1 Å². The predicted molar refractivity (Wildman–Crippen MR) is 98.0 cm³/mol. The van der Waals surface area contributed by atoms with Crippen LogP contribution in [0.3, 0.4) is 0 Å². The van der Waals surface area contributed by atoms with E-state index in [1.807, 2.05) is 0 Å². The third-order valence-corrected chi connectivity index (χ3v) is 6.09. The molecule has 1 atom stereocenters. The van der Waals surface area contributed by atoms with Crippen LogP contribution in [-0.4, -0.2) is 28.9 Å². The van der Waals surface area contributed by atoms with E-state index >= 15 is 0 Å². The van der Waals surface area contributed by atoms with E-state index in [2.05, 4.69) is 40.3 Å². The van der Waals surface area contributed by atoms with Gasteiger partial charge in [-0.3, -0.25) is 4.79 Å². The summed E-state index contributed by atoms with van der Waals surface area (Å²) in [6.45, 7) is 1.92. The van der Waals surface area contributed by atoms with Crippen molar-refractivity contribution in [1.29, 1.82) is 0 Å². The molecule has 1 aliphatic carbocycles. The monoisotopic (exact) mass is 324 g/mol. The minimum absolute atomic E-state index is 0.369. The molecule has 2 aliphatic rings. The van der Waals surface area contributed by atoms with Crippen LogP contribution in [0.15, 0.2) is 30.5 Å². The molecule has 3 nitrogen and oxygen atoms in total. The number of nitrogens with one attached hydrogen (secondary N) is 1. The van der Waals surface area contributed by atoms with Crippen molar-refractivity contribution in [2.75, 3.05) is 13.1 Å². The molecule has 1 aromatic heterocycles. The van der Waals surface area contributed by atoms with Crippen LogP contribution >= 0.6 is 0 Å². The Balaban J connectivity index is 1.63. The van der Waals surface area contributed by atoms with Crippen LogP contribution < -0.4 is 0 Å². The number of fused-ring (bicyclic) bond motifs is 1. The Hall–Kier alpha value is -1.77. The number of hydrogen-bond donors (Lipinski definition) is 1. The average molecular weight is 324 g/mol. The minimum atomic E-state index is 0.369. The van der Waals surface area contributed by atoms with Crippen LogP contribution in [0.4, 0.5) is 0 Å². The van der Waals surface area contributed by atoms with Crippen molar-refractivity contribution in [3.05, 3.63) is 36.0 Å². The molecule has 1 amide bonds. The van der Waals surface area contributed by atoms with Gasteiger partial charge in [0, 0.05) is 36.6 Å². The van der Waals surface area contributed by atoms with Gasteiger partial charge in [0.1, 0.15) is 0 Å². The van der Waals surface area contributed by atoms with Crippen molar-refractivity contribution in [3.63, 3.8) is 0 Å². The van der Waals surface area contributed by atoms with Gasteiger partial charge in [0.2, 0.25) is 5.91 Å². The van der Waals surface area contributed by atoms with Gasteiger partial charge in [-0.25, -0.2) is 0 Å². The third-order valence-electron chi connectivity index (χ3n) is 6.09. The third kappa shape index (κ3) is 3.09. The van der Waals surface area contributed by atoms with Crippen molar-refractivity contribution in [1.82, 2.24) is 9.88 Å². The minimum Gasteiger partial charge on any atom is -0.361 e. The molecule has 2 fully saturated rings. The molecule has 0 unspecified atom stereocenters. The van der Waals surface area contributed by atoms with Crippen molar-refractivity contribution in [3.8, 4) is 0 Å². The van der Waals surface area contributed by atoms with E-state index in [1.54, 1.807) is 0 Å². The van der Waals surface area contributed by atoms with Crippen molar-refractivity contribution < 1.29 is 4.79 Å². The molecule has 4 rings (SSSR count). The molecule has 1 saturated carbocycles. The highest BCUT2D eigenvalue weighted by Gasteiger charge is 2.31. The Bertz CT molecular complexity index is 693. The summed E-state index contributed by atoms with van der Waals surface area (Å²) in [6.07, 6.45) is 11.8. The summed E-state index contributed by atoms with van der Waals surface area (Å²) in [5.41, 5.74) is 2.56. The largest absolute Gasteiger partial charge is 0.361 e. The Morgan fingerprint density at radius 3 is 2.62 bits per heavy atom. The summed E-state index contributed by atoms with van der Waals surface area (Å²) < 4.78 is 0. The molecule has 1 aromatic carbocycles. The van der Waals surface area contributed by atoms with E-state index in [-0.39, 0.29) is 0 Å². The maximum Gasteiger partial charge on any atom is 0.223 e. The lowest BCUT2D eigenvalue weighted by molar-refractivity contribution is -0.130. The number of rotatable bonds is 4. The Morgan fingerprint density at radius 2 is 1.83 bits per heavy atom. The van der Waals surface area contributed by atoms with Crippen molar-refractivity contribution in [2.24, 2.45) is 5.92 Å². The second-order valence-electron chi connectivity index (χ2n) is 7.59. The summed E-state index contributed by atoms with van der Waals surface area (Å²) in [5, 5.41) is 1.31. The van der Waals surface area contributed by atoms with Gasteiger partial charge in [-0.05, 0) is 49.1 Å².